The standard InChI is InChI=1S/C13H21NO3/c1-7-10(4-5-17-7)14-12-9-3-2-8(6-9)11(12)13(15)16/h7-12,14H,2-6H2,1H3,(H,15,16). The van der Waals surface area contributed by atoms with Gasteiger partial charge >= 0.3 is 5.97 Å². The lowest BCUT2D eigenvalue weighted by molar-refractivity contribution is -0.144. The summed E-state index contributed by atoms with van der Waals surface area (Å²) < 4.78 is 5.54. The first kappa shape index (κ1) is 11.5. The van der Waals surface area contributed by atoms with Gasteiger partial charge < -0.3 is 15.2 Å². The van der Waals surface area contributed by atoms with Crippen molar-refractivity contribution in [1.29, 1.82) is 0 Å². The quantitative estimate of drug-likeness (QED) is 0.778. The maximum Gasteiger partial charge on any atom is 0.308 e. The van der Waals surface area contributed by atoms with Gasteiger partial charge in [-0.25, -0.2) is 0 Å². The second-order valence-corrected chi connectivity index (χ2v) is 5.86. The summed E-state index contributed by atoms with van der Waals surface area (Å²) >= 11 is 0. The van der Waals surface area contributed by atoms with Crippen LogP contribution in [0.5, 0.6) is 0 Å². The fourth-order valence-corrected chi connectivity index (χ4v) is 4.08. The summed E-state index contributed by atoms with van der Waals surface area (Å²) in [6.07, 6.45) is 4.66. The number of ether oxygens (including phenoxy) is 1. The second-order valence-electron chi connectivity index (χ2n) is 5.86. The number of fused-ring (bicyclic) bond motifs is 2. The first-order valence-electron chi connectivity index (χ1n) is 6.77. The van der Waals surface area contributed by atoms with Crippen LogP contribution in [0.4, 0.5) is 0 Å². The van der Waals surface area contributed by atoms with Gasteiger partial charge in [-0.3, -0.25) is 4.79 Å². The Bertz CT molecular complexity index is 320. The fraction of sp³-hybridized carbons (Fsp3) is 0.923. The summed E-state index contributed by atoms with van der Waals surface area (Å²) in [5, 5.41) is 13.0. The summed E-state index contributed by atoms with van der Waals surface area (Å²) in [4.78, 5) is 11.4. The monoisotopic (exact) mass is 239 g/mol. The molecule has 6 atom stereocenters. The van der Waals surface area contributed by atoms with Crippen LogP contribution < -0.4 is 5.32 Å². The maximum atomic E-state index is 11.4. The molecule has 0 aromatic rings. The number of carboxylic acids is 1. The molecule has 0 aromatic carbocycles. The highest BCUT2D eigenvalue weighted by molar-refractivity contribution is 5.72. The Kier molecular flexibility index (Phi) is 2.87. The molecule has 4 nitrogen and oxygen atoms in total. The smallest absolute Gasteiger partial charge is 0.308 e. The van der Waals surface area contributed by atoms with Gasteiger partial charge in [-0.15, -0.1) is 0 Å². The number of aliphatic carboxylic acids is 1. The molecule has 17 heavy (non-hydrogen) atoms. The largest absolute Gasteiger partial charge is 0.481 e. The van der Waals surface area contributed by atoms with Gasteiger partial charge in [0.1, 0.15) is 0 Å². The van der Waals surface area contributed by atoms with E-state index in [0.717, 1.165) is 25.9 Å². The SMILES string of the molecule is CC1OCCC1NC1C2CCC(C2)C1C(=O)O. The lowest BCUT2D eigenvalue weighted by Crippen LogP contribution is -2.50. The van der Waals surface area contributed by atoms with Crippen molar-refractivity contribution in [2.75, 3.05) is 6.61 Å². The molecule has 0 aromatic heterocycles. The minimum atomic E-state index is -0.610. The van der Waals surface area contributed by atoms with E-state index in [1.165, 1.54) is 6.42 Å². The molecule has 1 aliphatic heterocycles. The average Bonchev–Trinajstić information content (AvgIpc) is 2.95. The molecule has 1 saturated heterocycles. The first-order chi connectivity index (χ1) is 8.16. The van der Waals surface area contributed by atoms with Crippen molar-refractivity contribution in [2.24, 2.45) is 17.8 Å². The van der Waals surface area contributed by atoms with Crippen LogP contribution in [-0.4, -0.2) is 35.9 Å². The number of carboxylic acid groups (broad SMARTS) is 1. The average molecular weight is 239 g/mol. The molecule has 1 heterocycles. The van der Waals surface area contributed by atoms with Gasteiger partial charge in [0.25, 0.3) is 0 Å². The molecule has 6 unspecified atom stereocenters. The van der Waals surface area contributed by atoms with Crippen LogP contribution in [0.2, 0.25) is 0 Å². The Morgan fingerprint density at radius 2 is 2.06 bits per heavy atom. The third kappa shape index (κ3) is 1.87. The Morgan fingerprint density at radius 3 is 2.71 bits per heavy atom. The number of hydrogen-bond donors (Lipinski definition) is 2. The van der Waals surface area contributed by atoms with E-state index in [2.05, 4.69) is 12.2 Å². The van der Waals surface area contributed by atoms with Crippen LogP contribution >= 0.6 is 0 Å². The highest BCUT2D eigenvalue weighted by Gasteiger charge is 2.51. The lowest BCUT2D eigenvalue weighted by atomic mass is 9.84. The number of rotatable bonds is 3. The van der Waals surface area contributed by atoms with E-state index in [4.69, 9.17) is 4.74 Å². The van der Waals surface area contributed by atoms with Gasteiger partial charge in [-0.1, -0.05) is 0 Å². The summed E-state index contributed by atoms with van der Waals surface area (Å²) in [5.41, 5.74) is 0. The van der Waals surface area contributed by atoms with Crippen molar-refractivity contribution < 1.29 is 14.6 Å². The van der Waals surface area contributed by atoms with E-state index in [9.17, 15) is 9.90 Å². The van der Waals surface area contributed by atoms with Gasteiger partial charge in [-0.05, 0) is 44.4 Å². The van der Waals surface area contributed by atoms with Gasteiger partial charge in [0.15, 0.2) is 0 Å². The Hall–Kier alpha value is -0.610. The number of carbonyl (C=O) groups is 1. The summed E-state index contributed by atoms with van der Waals surface area (Å²) in [7, 11) is 0. The van der Waals surface area contributed by atoms with Crippen molar-refractivity contribution >= 4 is 5.97 Å². The molecule has 4 heteroatoms. The van der Waals surface area contributed by atoms with Crippen molar-refractivity contribution in [3.63, 3.8) is 0 Å². The molecule has 2 aliphatic carbocycles. The molecule has 0 radical (unpaired) electrons. The van der Waals surface area contributed by atoms with Crippen LogP contribution in [0.3, 0.4) is 0 Å². The van der Waals surface area contributed by atoms with Crippen LogP contribution in [0.15, 0.2) is 0 Å². The van der Waals surface area contributed by atoms with E-state index < -0.39 is 5.97 Å². The summed E-state index contributed by atoms with van der Waals surface area (Å²) in [5.74, 6) is 0.212. The summed E-state index contributed by atoms with van der Waals surface area (Å²) in [6.45, 7) is 2.88. The molecular formula is C13H21NO3. The van der Waals surface area contributed by atoms with Gasteiger partial charge in [0.2, 0.25) is 0 Å². The van der Waals surface area contributed by atoms with Gasteiger partial charge in [-0.2, -0.15) is 0 Å². The van der Waals surface area contributed by atoms with E-state index in [0.29, 0.717) is 17.9 Å². The molecule has 2 N–H and O–H groups in total. The molecule has 3 rings (SSSR count). The van der Waals surface area contributed by atoms with Crippen LogP contribution in [0.1, 0.15) is 32.6 Å². The van der Waals surface area contributed by atoms with Crippen LogP contribution in [0, 0.1) is 17.8 Å². The second kappa shape index (κ2) is 4.25. The highest BCUT2D eigenvalue weighted by atomic mass is 16.5. The fourth-order valence-electron chi connectivity index (χ4n) is 4.08. The zero-order valence-corrected chi connectivity index (χ0v) is 10.3. The lowest BCUT2D eigenvalue weighted by Gasteiger charge is -2.32. The number of hydrogen-bond acceptors (Lipinski definition) is 3. The van der Waals surface area contributed by atoms with Crippen molar-refractivity contribution in [1.82, 2.24) is 5.32 Å². The van der Waals surface area contributed by atoms with E-state index in [-0.39, 0.29) is 18.1 Å². The molecule has 0 amide bonds. The molecule has 2 bridgehead atoms. The normalized spacial score (nSPS) is 48.8. The molecule has 96 valence electrons. The third-order valence-electron chi connectivity index (χ3n) is 4.98. The molecule has 3 fully saturated rings. The molecule has 2 saturated carbocycles. The van der Waals surface area contributed by atoms with Gasteiger partial charge in [0.05, 0.1) is 12.0 Å². The molecular weight excluding hydrogens is 218 g/mol. The highest BCUT2D eigenvalue weighted by Crippen LogP contribution is 2.48. The van der Waals surface area contributed by atoms with E-state index >= 15 is 0 Å². The predicted molar refractivity (Wildman–Crippen MR) is 62.7 cm³/mol. The Balaban J connectivity index is 1.70. The van der Waals surface area contributed by atoms with Crippen LogP contribution in [-0.2, 0) is 9.53 Å². The third-order valence-corrected chi connectivity index (χ3v) is 4.98. The van der Waals surface area contributed by atoms with Crippen molar-refractivity contribution in [3.8, 4) is 0 Å². The molecule has 3 aliphatic rings. The first-order valence-corrected chi connectivity index (χ1v) is 6.77. The Morgan fingerprint density at radius 1 is 1.29 bits per heavy atom. The zero-order chi connectivity index (χ0) is 12.0. The van der Waals surface area contributed by atoms with Crippen molar-refractivity contribution in [3.05, 3.63) is 0 Å². The summed E-state index contributed by atoms with van der Waals surface area (Å²) in [6, 6.07) is 0.529. The topological polar surface area (TPSA) is 58.6 Å². The minimum absolute atomic E-state index is 0.165. The van der Waals surface area contributed by atoms with Crippen LogP contribution in [0.25, 0.3) is 0 Å². The number of nitrogens with one attached hydrogen (secondary N) is 1. The maximum absolute atomic E-state index is 11.4. The van der Waals surface area contributed by atoms with E-state index in [1.807, 2.05) is 0 Å². The zero-order valence-electron chi connectivity index (χ0n) is 10.3. The van der Waals surface area contributed by atoms with Crippen molar-refractivity contribution in [2.45, 2.75) is 50.8 Å². The van der Waals surface area contributed by atoms with E-state index in [1.54, 1.807) is 0 Å². The van der Waals surface area contributed by atoms with Gasteiger partial charge in [0, 0.05) is 18.7 Å². The predicted octanol–water partition coefficient (Wildman–Crippen LogP) is 1.25. The molecule has 0 spiro atoms. The Labute approximate surface area is 102 Å². The minimum Gasteiger partial charge on any atom is -0.481 e.